The predicted octanol–water partition coefficient (Wildman–Crippen LogP) is 4.87. The third-order valence-electron chi connectivity index (χ3n) is 3.55. The molecular weight excluding hydrogens is 396 g/mol. The molecule has 0 radical (unpaired) electrons. The van der Waals surface area contributed by atoms with Crippen LogP contribution in [0, 0.1) is 0 Å². The number of ether oxygens (including phenoxy) is 2. The van der Waals surface area contributed by atoms with E-state index in [0.29, 0.717) is 16.4 Å². The first-order chi connectivity index (χ1) is 13.5. The molecule has 0 saturated carbocycles. The topological polar surface area (TPSA) is 93.7 Å². The molecule has 0 bridgehead atoms. The van der Waals surface area contributed by atoms with Gasteiger partial charge in [0.1, 0.15) is 5.60 Å². The lowest BCUT2D eigenvalue weighted by atomic mass is 10.2. The van der Waals surface area contributed by atoms with Gasteiger partial charge >= 0.3 is 12.1 Å². The molecule has 0 saturated heterocycles. The van der Waals surface area contributed by atoms with E-state index in [2.05, 4.69) is 10.6 Å². The summed E-state index contributed by atoms with van der Waals surface area (Å²) in [4.78, 5) is 36.2. The molecule has 0 aromatic heterocycles. The zero-order chi connectivity index (χ0) is 21.6. The second kappa shape index (κ2) is 9.43. The average molecular weight is 419 g/mol. The van der Waals surface area contributed by atoms with Gasteiger partial charge in [0.25, 0.3) is 5.91 Å². The molecule has 0 unspecified atom stereocenters. The molecule has 2 aromatic carbocycles. The van der Waals surface area contributed by atoms with E-state index in [1.54, 1.807) is 45.0 Å². The van der Waals surface area contributed by atoms with Gasteiger partial charge in [-0.25, -0.2) is 9.59 Å². The maximum atomic E-state index is 12.3. The largest absolute Gasteiger partial charge is 0.449 e. The van der Waals surface area contributed by atoms with Crippen molar-refractivity contribution in [2.24, 2.45) is 0 Å². The van der Waals surface area contributed by atoms with Crippen LogP contribution in [0.2, 0.25) is 5.02 Å². The second-order valence-corrected chi connectivity index (χ2v) is 7.63. The summed E-state index contributed by atoms with van der Waals surface area (Å²) in [6.45, 7) is 6.74. The number of carbonyl (C=O) groups excluding carboxylic acids is 3. The smallest absolute Gasteiger partial charge is 0.412 e. The highest BCUT2D eigenvalue weighted by Gasteiger charge is 2.20. The Morgan fingerprint density at radius 2 is 1.59 bits per heavy atom. The highest BCUT2D eigenvalue weighted by atomic mass is 35.5. The van der Waals surface area contributed by atoms with E-state index in [9.17, 15) is 14.4 Å². The molecule has 0 fully saturated rings. The number of carbonyl (C=O) groups is 3. The number of halogens is 1. The van der Waals surface area contributed by atoms with Crippen LogP contribution in [0.1, 0.15) is 38.1 Å². The molecule has 0 spiro atoms. The Morgan fingerprint density at radius 3 is 2.17 bits per heavy atom. The Morgan fingerprint density at radius 1 is 0.966 bits per heavy atom. The molecule has 2 N–H and O–H groups in total. The van der Waals surface area contributed by atoms with Gasteiger partial charge in [0.2, 0.25) is 0 Å². The number of anilines is 2. The zero-order valence-corrected chi connectivity index (χ0v) is 17.4. The summed E-state index contributed by atoms with van der Waals surface area (Å²) in [5.74, 6) is -1.18. The Bertz CT molecular complexity index is 891. The van der Waals surface area contributed by atoms with Gasteiger partial charge in [-0.05, 0) is 64.1 Å². The molecule has 0 aliphatic carbocycles. The fraction of sp³-hybridized carbons (Fsp3) is 0.286. The van der Waals surface area contributed by atoms with E-state index >= 15 is 0 Å². The van der Waals surface area contributed by atoms with E-state index in [0.717, 1.165) is 0 Å². The zero-order valence-electron chi connectivity index (χ0n) is 16.6. The van der Waals surface area contributed by atoms with Crippen LogP contribution >= 0.6 is 11.6 Å². The predicted molar refractivity (Wildman–Crippen MR) is 111 cm³/mol. The van der Waals surface area contributed by atoms with Crippen molar-refractivity contribution in [2.75, 3.05) is 10.6 Å². The summed E-state index contributed by atoms with van der Waals surface area (Å²) in [5.41, 5.74) is 0.506. The maximum absolute atomic E-state index is 12.3. The van der Waals surface area contributed by atoms with Gasteiger partial charge in [0.15, 0.2) is 6.10 Å². The summed E-state index contributed by atoms with van der Waals surface area (Å²) in [5, 5.41) is 5.55. The molecule has 0 heterocycles. The van der Waals surface area contributed by atoms with Crippen molar-refractivity contribution in [1.82, 2.24) is 0 Å². The molecule has 2 aromatic rings. The van der Waals surface area contributed by atoms with Crippen LogP contribution in [0.3, 0.4) is 0 Å². The summed E-state index contributed by atoms with van der Waals surface area (Å²) in [6, 6.07) is 12.8. The van der Waals surface area contributed by atoms with E-state index < -0.39 is 29.7 Å². The first-order valence-corrected chi connectivity index (χ1v) is 9.29. The molecule has 7 nitrogen and oxygen atoms in total. The summed E-state index contributed by atoms with van der Waals surface area (Å²) >= 11 is 6.00. The lowest BCUT2D eigenvalue weighted by Gasteiger charge is -2.19. The van der Waals surface area contributed by atoms with Gasteiger partial charge in [0.05, 0.1) is 16.3 Å². The monoisotopic (exact) mass is 418 g/mol. The number of amides is 2. The fourth-order valence-electron chi connectivity index (χ4n) is 2.19. The Hall–Kier alpha value is -3.06. The van der Waals surface area contributed by atoms with Gasteiger partial charge in [-0.2, -0.15) is 0 Å². The van der Waals surface area contributed by atoms with Crippen LogP contribution in [0.25, 0.3) is 0 Å². The second-order valence-electron chi connectivity index (χ2n) is 7.22. The number of para-hydroxylation sites is 1. The third-order valence-corrected chi connectivity index (χ3v) is 3.88. The fourth-order valence-corrected chi connectivity index (χ4v) is 2.37. The Kier molecular flexibility index (Phi) is 7.23. The molecule has 8 heteroatoms. The highest BCUT2D eigenvalue weighted by Crippen LogP contribution is 2.21. The standard InChI is InChI=1S/C21H23ClN2O5/c1-13(18(25)24-17-8-6-5-7-16(17)22)28-19(26)14-9-11-15(12-10-14)23-20(27)29-21(2,3)4/h5-13H,1-4H3,(H,23,27)(H,24,25)/t13-/m1/s1. The van der Waals surface area contributed by atoms with E-state index in [-0.39, 0.29) is 5.56 Å². The number of hydrogen-bond acceptors (Lipinski definition) is 5. The number of rotatable bonds is 5. The molecule has 1 atom stereocenters. The Labute approximate surface area is 174 Å². The van der Waals surface area contributed by atoms with E-state index in [1.165, 1.54) is 31.2 Å². The van der Waals surface area contributed by atoms with Gasteiger partial charge in [-0.3, -0.25) is 10.1 Å². The number of esters is 1. The van der Waals surface area contributed by atoms with Gasteiger partial charge in [-0.15, -0.1) is 0 Å². The summed E-state index contributed by atoms with van der Waals surface area (Å²) in [7, 11) is 0. The van der Waals surface area contributed by atoms with Crippen LogP contribution in [0.4, 0.5) is 16.2 Å². The van der Waals surface area contributed by atoms with Crippen LogP contribution in [0.15, 0.2) is 48.5 Å². The minimum atomic E-state index is -1.03. The first kappa shape index (κ1) is 22.2. The number of hydrogen-bond donors (Lipinski definition) is 2. The van der Waals surface area contributed by atoms with Crippen LogP contribution in [-0.4, -0.2) is 29.7 Å². The molecule has 0 aliphatic heterocycles. The minimum Gasteiger partial charge on any atom is -0.449 e. The number of benzene rings is 2. The molecule has 29 heavy (non-hydrogen) atoms. The highest BCUT2D eigenvalue weighted by molar-refractivity contribution is 6.33. The lowest BCUT2D eigenvalue weighted by molar-refractivity contribution is -0.123. The van der Waals surface area contributed by atoms with E-state index in [1.807, 2.05) is 0 Å². The van der Waals surface area contributed by atoms with Crippen molar-refractivity contribution in [1.29, 1.82) is 0 Å². The van der Waals surface area contributed by atoms with Crippen LogP contribution in [-0.2, 0) is 14.3 Å². The molecule has 0 aliphatic rings. The number of nitrogens with one attached hydrogen (secondary N) is 2. The van der Waals surface area contributed by atoms with Crippen molar-refractivity contribution >= 4 is 40.9 Å². The van der Waals surface area contributed by atoms with Crippen LogP contribution in [0.5, 0.6) is 0 Å². The molecular formula is C21H23ClN2O5. The van der Waals surface area contributed by atoms with Gasteiger partial charge < -0.3 is 14.8 Å². The van der Waals surface area contributed by atoms with E-state index in [4.69, 9.17) is 21.1 Å². The van der Waals surface area contributed by atoms with Gasteiger partial charge in [0, 0.05) is 5.69 Å². The SMILES string of the molecule is C[C@@H](OC(=O)c1ccc(NC(=O)OC(C)(C)C)cc1)C(=O)Nc1ccccc1Cl. The first-order valence-electron chi connectivity index (χ1n) is 8.91. The van der Waals surface area contributed by atoms with Gasteiger partial charge in [-0.1, -0.05) is 23.7 Å². The molecule has 2 amide bonds. The maximum Gasteiger partial charge on any atom is 0.412 e. The normalized spacial score (nSPS) is 11.9. The van der Waals surface area contributed by atoms with Crippen molar-refractivity contribution in [3.63, 3.8) is 0 Å². The Balaban J connectivity index is 1.92. The molecule has 154 valence electrons. The lowest BCUT2D eigenvalue weighted by Crippen LogP contribution is -2.30. The van der Waals surface area contributed by atoms with Crippen LogP contribution < -0.4 is 10.6 Å². The van der Waals surface area contributed by atoms with Crippen molar-refractivity contribution in [3.8, 4) is 0 Å². The average Bonchev–Trinajstić information content (AvgIpc) is 2.62. The minimum absolute atomic E-state index is 0.233. The quantitative estimate of drug-likeness (QED) is 0.675. The van der Waals surface area contributed by atoms with Crippen molar-refractivity contribution < 1.29 is 23.9 Å². The summed E-state index contributed by atoms with van der Waals surface area (Å²) in [6.07, 6.45) is -1.63. The third kappa shape index (κ3) is 7.12. The molecule has 2 rings (SSSR count). The summed E-state index contributed by atoms with van der Waals surface area (Å²) < 4.78 is 10.4. The van der Waals surface area contributed by atoms with Crippen molar-refractivity contribution in [3.05, 3.63) is 59.1 Å². The van der Waals surface area contributed by atoms with Crippen molar-refractivity contribution in [2.45, 2.75) is 39.4 Å².